The van der Waals surface area contributed by atoms with Crippen molar-refractivity contribution in [1.29, 1.82) is 0 Å². The highest BCUT2D eigenvalue weighted by Crippen LogP contribution is 2.33. The van der Waals surface area contributed by atoms with Gasteiger partial charge in [-0.15, -0.1) is 0 Å². The smallest absolute Gasteiger partial charge is 0.346 e. The van der Waals surface area contributed by atoms with Crippen LogP contribution in [0.1, 0.15) is 11.1 Å². The molecule has 0 radical (unpaired) electrons. The van der Waals surface area contributed by atoms with E-state index >= 15 is 0 Å². The zero-order valence-electron chi connectivity index (χ0n) is 12.6. The first kappa shape index (κ1) is 16.7. The van der Waals surface area contributed by atoms with Crippen LogP contribution >= 0.6 is 0 Å². The Balaban J connectivity index is 1.74. The van der Waals surface area contributed by atoms with Gasteiger partial charge in [-0.3, -0.25) is 14.5 Å². The molecule has 0 spiro atoms. The first-order valence-electron chi connectivity index (χ1n) is 7.42. The molecule has 1 aromatic rings. The van der Waals surface area contributed by atoms with Crippen molar-refractivity contribution in [1.82, 2.24) is 15.1 Å². The molecule has 2 aliphatic heterocycles. The molecular formula is C15H15F4N3O2. The number of piperazine rings is 2. The molecule has 0 aromatic heterocycles. The normalized spacial score (nSPS) is 22.3. The molecule has 2 saturated heterocycles. The van der Waals surface area contributed by atoms with Crippen molar-refractivity contribution >= 4 is 11.8 Å². The molecule has 24 heavy (non-hydrogen) atoms. The van der Waals surface area contributed by atoms with Gasteiger partial charge in [-0.25, -0.2) is 4.39 Å². The number of hydrogen-bond donors (Lipinski definition) is 1. The van der Waals surface area contributed by atoms with Gasteiger partial charge in [0.05, 0.1) is 11.6 Å². The molecule has 1 unspecified atom stereocenters. The molecule has 0 aliphatic carbocycles. The molecule has 130 valence electrons. The lowest BCUT2D eigenvalue weighted by atomic mass is 10.0. The Hall–Kier alpha value is -2.16. The number of nitrogens with zero attached hydrogens (tertiary/aromatic N) is 2. The lowest BCUT2D eigenvalue weighted by Crippen LogP contribution is -2.65. The third kappa shape index (κ3) is 3.21. The van der Waals surface area contributed by atoms with Crippen LogP contribution in [0.4, 0.5) is 17.6 Å². The second kappa shape index (κ2) is 6.04. The SMILES string of the molecule is O=C1NCC2CN(Cc3ccc(F)cc3C(F)(F)F)CCN2C1=O. The van der Waals surface area contributed by atoms with E-state index in [1.165, 1.54) is 4.90 Å². The van der Waals surface area contributed by atoms with Gasteiger partial charge >= 0.3 is 18.0 Å². The van der Waals surface area contributed by atoms with Crippen molar-refractivity contribution in [3.8, 4) is 0 Å². The number of fused-ring (bicyclic) bond motifs is 1. The first-order valence-corrected chi connectivity index (χ1v) is 7.42. The van der Waals surface area contributed by atoms with E-state index in [1.54, 1.807) is 4.90 Å². The van der Waals surface area contributed by atoms with Gasteiger partial charge in [-0.2, -0.15) is 13.2 Å². The maximum absolute atomic E-state index is 13.2. The summed E-state index contributed by atoms with van der Waals surface area (Å²) in [6.45, 7) is 1.25. The second-order valence-corrected chi connectivity index (χ2v) is 5.90. The van der Waals surface area contributed by atoms with E-state index in [1.807, 2.05) is 0 Å². The Kier molecular flexibility index (Phi) is 4.20. The van der Waals surface area contributed by atoms with Gasteiger partial charge in [0.15, 0.2) is 0 Å². The highest BCUT2D eigenvalue weighted by molar-refractivity contribution is 6.35. The number of nitrogens with one attached hydrogen (secondary N) is 1. The topological polar surface area (TPSA) is 52.7 Å². The van der Waals surface area contributed by atoms with Crippen LogP contribution in [-0.4, -0.2) is 53.8 Å². The van der Waals surface area contributed by atoms with Crippen molar-refractivity contribution in [2.45, 2.75) is 18.8 Å². The highest BCUT2D eigenvalue weighted by Gasteiger charge is 2.39. The van der Waals surface area contributed by atoms with E-state index < -0.39 is 29.4 Å². The minimum absolute atomic E-state index is 0.00159. The zero-order valence-corrected chi connectivity index (χ0v) is 12.6. The average Bonchev–Trinajstić information content (AvgIpc) is 2.52. The largest absolute Gasteiger partial charge is 0.416 e. The molecule has 2 fully saturated rings. The summed E-state index contributed by atoms with van der Waals surface area (Å²) < 4.78 is 52.3. The van der Waals surface area contributed by atoms with Crippen LogP contribution in [0.2, 0.25) is 0 Å². The molecular weight excluding hydrogens is 330 g/mol. The summed E-state index contributed by atoms with van der Waals surface area (Å²) in [6.07, 6.45) is -4.63. The Morgan fingerprint density at radius 1 is 1.21 bits per heavy atom. The van der Waals surface area contributed by atoms with Crippen LogP contribution < -0.4 is 5.32 Å². The Morgan fingerprint density at radius 2 is 1.96 bits per heavy atom. The summed E-state index contributed by atoms with van der Waals surface area (Å²) in [5.74, 6) is -2.20. The Bertz CT molecular complexity index is 677. The number of alkyl halides is 3. The van der Waals surface area contributed by atoms with Crippen LogP contribution in [-0.2, 0) is 22.3 Å². The third-order valence-electron chi connectivity index (χ3n) is 4.29. The van der Waals surface area contributed by atoms with Gasteiger partial charge in [0.25, 0.3) is 0 Å². The molecule has 1 N–H and O–H groups in total. The Morgan fingerprint density at radius 3 is 2.67 bits per heavy atom. The van der Waals surface area contributed by atoms with Crippen LogP contribution in [0, 0.1) is 5.82 Å². The number of carbonyl (C=O) groups is 2. The van der Waals surface area contributed by atoms with Gasteiger partial charge in [0.1, 0.15) is 5.82 Å². The van der Waals surface area contributed by atoms with Crippen LogP contribution in [0.15, 0.2) is 18.2 Å². The zero-order chi connectivity index (χ0) is 17.5. The molecule has 1 atom stereocenters. The summed E-state index contributed by atoms with van der Waals surface area (Å²) in [5, 5.41) is 2.47. The van der Waals surface area contributed by atoms with Crippen molar-refractivity contribution in [2.24, 2.45) is 0 Å². The van der Waals surface area contributed by atoms with E-state index in [2.05, 4.69) is 5.32 Å². The lowest BCUT2D eigenvalue weighted by Gasteiger charge is -2.43. The fourth-order valence-electron chi connectivity index (χ4n) is 3.11. The molecule has 2 heterocycles. The van der Waals surface area contributed by atoms with Crippen LogP contribution in [0.3, 0.4) is 0 Å². The average molecular weight is 345 g/mol. The third-order valence-corrected chi connectivity index (χ3v) is 4.29. The van der Waals surface area contributed by atoms with Crippen molar-refractivity contribution < 1.29 is 27.2 Å². The van der Waals surface area contributed by atoms with Crippen molar-refractivity contribution in [3.05, 3.63) is 35.1 Å². The number of rotatable bonds is 2. The quantitative estimate of drug-likeness (QED) is 0.642. The van der Waals surface area contributed by atoms with Gasteiger partial charge < -0.3 is 10.2 Å². The second-order valence-electron chi connectivity index (χ2n) is 5.90. The summed E-state index contributed by atoms with van der Waals surface area (Å²) in [4.78, 5) is 26.3. The molecule has 2 amide bonds. The van der Waals surface area contributed by atoms with E-state index in [0.717, 1.165) is 12.1 Å². The van der Waals surface area contributed by atoms with Gasteiger partial charge in [-0.1, -0.05) is 6.07 Å². The molecule has 5 nitrogen and oxygen atoms in total. The Labute approximate surface area is 135 Å². The number of halogens is 4. The minimum atomic E-state index is -4.63. The predicted octanol–water partition coefficient (Wildman–Crippen LogP) is 0.987. The maximum atomic E-state index is 13.2. The molecule has 0 bridgehead atoms. The van der Waals surface area contributed by atoms with Gasteiger partial charge in [-0.05, 0) is 17.7 Å². The van der Waals surface area contributed by atoms with Crippen molar-refractivity contribution in [3.63, 3.8) is 0 Å². The summed E-state index contributed by atoms with van der Waals surface area (Å²) in [6, 6.07) is 2.37. The monoisotopic (exact) mass is 345 g/mol. The molecule has 2 aliphatic rings. The fourth-order valence-corrected chi connectivity index (χ4v) is 3.11. The van der Waals surface area contributed by atoms with E-state index in [-0.39, 0.29) is 31.2 Å². The van der Waals surface area contributed by atoms with E-state index in [0.29, 0.717) is 19.2 Å². The molecule has 3 rings (SSSR count). The highest BCUT2D eigenvalue weighted by atomic mass is 19.4. The maximum Gasteiger partial charge on any atom is 0.416 e. The van der Waals surface area contributed by atoms with Crippen molar-refractivity contribution in [2.75, 3.05) is 26.2 Å². The van der Waals surface area contributed by atoms with Crippen LogP contribution in [0.25, 0.3) is 0 Å². The first-order chi connectivity index (χ1) is 11.3. The van der Waals surface area contributed by atoms with Gasteiger partial charge in [0.2, 0.25) is 0 Å². The van der Waals surface area contributed by atoms with E-state index in [4.69, 9.17) is 0 Å². The molecule has 0 saturated carbocycles. The summed E-state index contributed by atoms with van der Waals surface area (Å²) >= 11 is 0. The number of amides is 2. The predicted molar refractivity (Wildman–Crippen MR) is 75.2 cm³/mol. The number of hydrogen-bond acceptors (Lipinski definition) is 3. The molecule has 1 aromatic carbocycles. The fraction of sp³-hybridized carbons (Fsp3) is 0.467. The lowest BCUT2D eigenvalue weighted by molar-refractivity contribution is -0.152. The standard InChI is InChI=1S/C15H15F4N3O2/c16-10-2-1-9(12(5-10)15(17,18)19)7-21-3-4-22-11(8-21)6-20-13(23)14(22)24/h1-2,5,11H,3-4,6-8H2,(H,20,23). The van der Waals surface area contributed by atoms with E-state index in [9.17, 15) is 27.2 Å². The summed E-state index contributed by atoms with van der Waals surface area (Å²) in [7, 11) is 0. The molecule has 9 heteroatoms. The number of carbonyl (C=O) groups excluding carboxylic acids is 2. The van der Waals surface area contributed by atoms with Gasteiger partial charge in [0, 0.05) is 32.7 Å². The minimum Gasteiger partial charge on any atom is -0.346 e. The number of benzene rings is 1. The van der Waals surface area contributed by atoms with Crippen LogP contribution in [0.5, 0.6) is 0 Å². The summed E-state index contributed by atoms with van der Waals surface area (Å²) in [5.41, 5.74) is -0.999.